The van der Waals surface area contributed by atoms with E-state index in [9.17, 15) is 9.59 Å². The van der Waals surface area contributed by atoms with Crippen molar-refractivity contribution in [2.75, 3.05) is 10.6 Å². The molecule has 0 fully saturated rings. The third-order valence-electron chi connectivity index (χ3n) is 2.71. The van der Waals surface area contributed by atoms with E-state index >= 15 is 0 Å². The lowest BCUT2D eigenvalue weighted by molar-refractivity contribution is 0.102. The molecule has 0 unspecified atom stereocenters. The molecule has 0 aliphatic heterocycles. The molecule has 3 heterocycles. The maximum absolute atomic E-state index is 12.3. The fraction of sp³-hybridized carbons (Fsp3) is 0.154. The van der Waals surface area contributed by atoms with Crippen molar-refractivity contribution in [2.45, 2.75) is 13.8 Å². The number of nitrogens with one attached hydrogen (secondary N) is 2. The summed E-state index contributed by atoms with van der Waals surface area (Å²) in [6.45, 7) is 3.53. The van der Waals surface area contributed by atoms with Crippen LogP contribution in [0.3, 0.4) is 0 Å². The van der Waals surface area contributed by atoms with Gasteiger partial charge in [0.2, 0.25) is 5.13 Å². The third-order valence-corrected chi connectivity index (χ3v) is 5.41. The van der Waals surface area contributed by atoms with Gasteiger partial charge in [-0.2, -0.15) is 0 Å². The highest BCUT2D eigenvalue weighted by atomic mass is 32.1. The molecule has 0 bridgehead atoms. The third kappa shape index (κ3) is 3.60. The number of nitrogens with zero attached hydrogens (tertiary/aromatic N) is 3. The molecule has 0 saturated heterocycles. The van der Waals surface area contributed by atoms with Gasteiger partial charge in [-0.3, -0.25) is 20.2 Å². The monoisotopic (exact) mass is 365 g/mol. The highest BCUT2D eigenvalue weighted by Gasteiger charge is 2.18. The fourth-order valence-corrected chi connectivity index (χ4v) is 3.79. The normalized spacial score (nSPS) is 10.5. The van der Waals surface area contributed by atoms with Crippen molar-refractivity contribution >= 4 is 56.1 Å². The summed E-state index contributed by atoms with van der Waals surface area (Å²) >= 11 is 3.76. The van der Waals surface area contributed by atoms with Gasteiger partial charge < -0.3 is 0 Å². The molecule has 0 aliphatic carbocycles. The summed E-state index contributed by atoms with van der Waals surface area (Å²) in [4.78, 5) is 29.5. The lowest BCUT2D eigenvalue weighted by Crippen LogP contribution is -2.11. The van der Waals surface area contributed by atoms with Gasteiger partial charge in [-0.1, -0.05) is 28.7 Å². The van der Waals surface area contributed by atoms with Gasteiger partial charge in [0.1, 0.15) is 9.88 Å². The lowest BCUT2D eigenvalue weighted by Gasteiger charge is -1.98. The molecule has 3 rings (SSSR count). The van der Waals surface area contributed by atoms with E-state index in [2.05, 4.69) is 25.8 Å². The first-order valence-corrected chi connectivity index (χ1v) is 8.98. The van der Waals surface area contributed by atoms with Crippen LogP contribution in [0.5, 0.6) is 0 Å². The van der Waals surface area contributed by atoms with E-state index in [1.165, 1.54) is 22.7 Å². The zero-order valence-electron chi connectivity index (χ0n) is 12.1. The van der Waals surface area contributed by atoms with Crippen LogP contribution in [0.1, 0.15) is 30.0 Å². The van der Waals surface area contributed by atoms with E-state index in [0.717, 1.165) is 16.3 Å². The topological polar surface area (TPSA) is 96.9 Å². The van der Waals surface area contributed by atoms with E-state index in [1.54, 1.807) is 19.1 Å². The zero-order chi connectivity index (χ0) is 16.4. The molecule has 2 N–H and O–H groups in total. The highest BCUT2D eigenvalue weighted by molar-refractivity contribution is 7.18. The Kier molecular flexibility index (Phi) is 4.46. The SMILES string of the molecule is Cc1nnc(NC(=O)c2sc(NC(=O)c3cccs3)nc2C)s1. The molecule has 2 amide bonds. The van der Waals surface area contributed by atoms with Gasteiger partial charge in [-0.15, -0.1) is 21.5 Å². The molecule has 0 aromatic carbocycles. The molecular formula is C13H11N5O2S3. The number of carbonyl (C=O) groups excluding carboxylic acids is 2. The highest BCUT2D eigenvalue weighted by Crippen LogP contribution is 2.25. The maximum Gasteiger partial charge on any atom is 0.269 e. The van der Waals surface area contributed by atoms with Gasteiger partial charge in [0, 0.05) is 0 Å². The second-order valence-electron chi connectivity index (χ2n) is 4.45. The van der Waals surface area contributed by atoms with Crippen LogP contribution in [0.15, 0.2) is 17.5 Å². The first kappa shape index (κ1) is 15.7. The Labute approximate surface area is 143 Å². The fourth-order valence-electron chi connectivity index (χ4n) is 1.73. The molecule has 0 atom stereocenters. The largest absolute Gasteiger partial charge is 0.297 e. The second kappa shape index (κ2) is 6.52. The minimum absolute atomic E-state index is 0.236. The summed E-state index contributed by atoms with van der Waals surface area (Å²) in [5.74, 6) is -0.548. The minimum Gasteiger partial charge on any atom is -0.297 e. The predicted molar refractivity (Wildman–Crippen MR) is 91.7 cm³/mol. The van der Waals surface area contributed by atoms with E-state index in [4.69, 9.17) is 0 Å². The van der Waals surface area contributed by atoms with Crippen molar-refractivity contribution in [2.24, 2.45) is 0 Å². The Morgan fingerprint density at radius 3 is 2.48 bits per heavy atom. The summed E-state index contributed by atoms with van der Waals surface area (Å²) in [6.07, 6.45) is 0. The van der Waals surface area contributed by atoms with E-state index in [1.807, 2.05) is 12.3 Å². The lowest BCUT2D eigenvalue weighted by atomic mass is 10.4. The zero-order valence-corrected chi connectivity index (χ0v) is 14.6. The number of aryl methyl sites for hydroxylation is 2. The quantitative estimate of drug-likeness (QED) is 0.740. The van der Waals surface area contributed by atoms with Crippen LogP contribution in [-0.4, -0.2) is 27.0 Å². The van der Waals surface area contributed by atoms with Crippen molar-refractivity contribution < 1.29 is 9.59 Å². The van der Waals surface area contributed by atoms with Crippen LogP contribution in [0.25, 0.3) is 0 Å². The van der Waals surface area contributed by atoms with Crippen LogP contribution < -0.4 is 10.6 Å². The van der Waals surface area contributed by atoms with Gasteiger partial charge >= 0.3 is 0 Å². The van der Waals surface area contributed by atoms with Crippen molar-refractivity contribution in [3.63, 3.8) is 0 Å². The van der Waals surface area contributed by atoms with Crippen LogP contribution in [0.4, 0.5) is 10.3 Å². The van der Waals surface area contributed by atoms with Crippen molar-refractivity contribution in [3.8, 4) is 0 Å². The van der Waals surface area contributed by atoms with Gasteiger partial charge in [-0.05, 0) is 25.3 Å². The smallest absolute Gasteiger partial charge is 0.269 e. The van der Waals surface area contributed by atoms with Crippen LogP contribution in [0, 0.1) is 13.8 Å². The number of rotatable bonds is 4. The van der Waals surface area contributed by atoms with Crippen LogP contribution in [0.2, 0.25) is 0 Å². The summed E-state index contributed by atoms with van der Waals surface area (Å²) in [6, 6.07) is 3.53. The Hall–Kier alpha value is -2.17. The van der Waals surface area contributed by atoms with Gasteiger partial charge in [0.25, 0.3) is 11.8 Å². The van der Waals surface area contributed by atoms with Gasteiger partial charge in [0.15, 0.2) is 5.13 Å². The summed E-state index contributed by atoms with van der Waals surface area (Å²) in [5.41, 5.74) is 0.551. The van der Waals surface area contributed by atoms with Crippen LogP contribution >= 0.6 is 34.0 Å². The Balaban J connectivity index is 1.72. The molecule has 0 spiro atoms. The summed E-state index contributed by atoms with van der Waals surface area (Å²) in [7, 11) is 0. The second-order valence-corrected chi connectivity index (χ2v) is 7.57. The molecular weight excluding hydrogens is 354 g/mol. The van der Waals surface area contributed by atoms with Gasteiger partial charge in [0.05, 0.1) is 10.6 Å². The van der Waals surface area contributed by atoms with E-state index in [-0.39, 0.29) is 11.8 Å². The molecule has 118 valence electrons. The molecule has 0 radical (unpaired) electrons. The molecule has 3 aromatic rings. The number of carbonyl (C=O) groups is 2. The molecule has 3 aromatic heterocycles. The first-order chi connectivity index (χ1) is 11.0. The molecule has 0 saturated carbocycles. The number of anilines is 2. The molecule has 0 aliphatic rings. The Morgan fingerprint density at radius 2 is 1.83 bits per heavy atom. The number of aromatic nitrogens is 3. The number of thiazole rings is 1. The standard InChI is InChI=1S/C13H11N5O2S3/c1-6-9(11(20)16-13-18-17-7(2)22-13)23-12(14-6)15-10(19)8-4-3-5-21-8/h3-5H,1-2H3,(H,14,15,19)(H,16,18,20). The Bertz CT molecular complexity index is 853. The average Bonchev–Trinajstić information content (AvgIpc) is 3.21. The molecule has 7 nitrogen and oxygen atoms in total. The van der Waals surface area contributed by atoms with E-state index < -0.39 is 0 Å². The van der Waals surface area contributed by atoms with Gasteiger partial charge in [-0.25, -0.2) is 4.98 Å². The predicted octanol–water partition coefficient (Wildman–Crippen LogP) is 3.18. The average molecular weight is 365 g/mol. The van der Waals surface area contributed by atoms with Crippen molar-refractivity contribution in [3.05, 3.63) is 38.0 Å². The molecule has 23 heavy (non-hydrogen) atoms. The summed E-state index contributed by atoms with van der Waals surface area (Å²) < 4.78 is 0. The first-order valence-electron chi connectivity index (χ1n) is 6.46. The minimum atomic E-state index is -0.312. The van der Waals surface area contributed by atoms with Crippen LogP contribution in [-0.2, 0) is 0 Å². The Morgan fingerprint density at radius 1 is 1.04 bits per heavy atom. The summed E-state index contributed by atoms with van der Waals surface area (Å²) in [5, 5.41) is 16.5. The maximum atomic E-state index is 12.3. The number of hydrogen-bond donors (Lipinski definition) is 2. The van der Waals surface area contributed by atoms with E-state index in [0.29, 0.717) is 25.7 Å². The molecule has 10 heteroatoms. The van der Waals surface area contributed by atoms with Crippen molar-refractivity contribution in [1.82, 2.24) is 15.2 Å². The number of hydrogen-bond acceptors (Lipinski definition) is 8. The number of amides is 2. The number of thiophene rings is 1. The van der Waals surface area contributed by atoms with Crippen molar-refractivity contribution in [1.29, 1.82) is 0 Å².